The normalized spacial score (nSPS) is 11.5. The molecular formula is C20H13Br2N3O. The van der Waals surface area contributed by atoms with Crippen LogP contribution < -0.4 is 0 Å². The fourth-order valence-corrected chi connectivity index (χ4v) is 3.91. The molecule has 0 saturated carbocycles. The quantitative estimate of drug-likeness (QED) is 0.374. The van der Waals surface area contributed by atoms with Crippen molar-refractivity contribution in [1.29, 1.82) is 0 Å². The zero-order chi connectivity index (χ0) is 18.1. The van der Waals surface area contributed by atoms with E-state index in [1.165, 1.54) is 0 Å². The fourth-order valence-electron chi connectivity index (χ4n) is 2.65. The zero-order valence-electron chi connectivity index (χ0n) is 13.5. The third-order valence-electron chi connectivity index (χ3n) is 3.92. The van der Waals surface area contributed by atoms with Crippen LogP contribution in [0.2, 0.25) is 0 Å². The molecule has 0 bridgehead atoms. The van der Waals surface area contributed by atoms with Crippen molar-refractivity contribution in [3.8, 4) is 17.0 Å². The van der Waals surface area contributed by atoms with E-state index in [0.29, 0.717) is 10.0 Å². The number of pyridine rings is 1. The van der Waals surface area contributed by atoms with Gasteiger partial charge in [-0.3, -0.25) is 4.99 Å². The third kappa shape index (κ3) is 3.43. The van der Waals surface area contributed by atoms with Crippen molar-refractivity contribution >= 4 is 49.4 Å². The van der Waals surface area contributed by atoms with E-state index in [2.05, 4.69) is 41.8 Å². The number of phenolic OH excluding ortho intramolecular Hbond substituents is 1. The predicted molar refractivity (Wildman–Crippen MR) is 111 cm³/mol. The molecule has 0 aliphatic rings. The van der Waals surface area contributed by atoms with Crippen LogP contribution in [0.25, 0.3) is 16.9 Å². The van der Waals surface area contributed by atoms with E-state index in [1.807, 2.05) is 65.3 Å². The molecule has 26 heavy (non-hydrogen) atoms. The molecule has 0 unspecified atom stereocenters. The van der Waals surface area contributed by atoms with Crippen LogP contribution in [0.1, 0.15) is 5.56 Å². The van der Waals surface area contributed by atoms with Crippen molar-refractivity contribution in [1.82, 2.24) is 9.38 Å². The van der Waals surface area contributed by atoms with Crippen LogP contribution in [0.15, 0.2) is 80.9 Å². The van der Waals surface area contributed by atoms with Crippen molar-refractivity contribution in [2.24, 2.45) is 4.99 Å². The number of halogens is 2. The van der Waals surface area contributed by atoms with Crippen LogP contribution >= 0.6 is 31.9 Å². The number of nitrogens with zero attached hydrogens (tertiary/aromatic N) is 3. The Labute approximate surface area is 167 Å². The summed E-state index contributed by atoms with van der Waals surface area (Å²) in [5.41, 5.74) is 4.20. The van der Waals surface area contributed by atoms with E-state index in [1.54, 1.807) is 12.3 Å². The average molecular weight is 471 g/mol. The smallest absolute Gasteiger partial charge is 0.138 e. The molecule has 1 N–H and O–H groups in total. The van der Waals surface area contributed by atoms with Gasteiger partial charge in [-0.15, -0.1) is 0 Å². The summed E-state index contributed by atoms with van der Waals surface area (Å²) in [7, 11) is 0. The minimum absolute atomic E-state index is 0.161. The Morgan fingerprint density at radius 3 is 2.77 bits per heavy atom. The Hall–Kier alpha value is -2.44. The van der Waals surface area contributed by atoms with Crippen LogP contribution in [-0.2, 0) is 0 Å². The first-order chi connectivity index (χ1) is 12.6. The predicted octanol–water partition coefficient (Wildman–Crippen LogP) is 5.98. The first-order valence-corrected chi connectivity index (χ1v) is 9.45. The highest BCUT2D eigenvalue weighted by Crippen LogP contribution is 2.31. The van der Waals surface area contributed by atoms with Gasteiger partial charge in [-0.05, 0) is 52.3 Å². The molecule has 4 nitrogen and oxygen atoms in total. The summed E-state index contributed by atoms with van der Waals surface area (Å²) in [6.07, 6.45) is 5.62. The number of aromatic nitrogens is 2. The zero-order valence-corrected chi connectivity index (χ0v) is 16.6. The summed E-state index contributed by atoms with van der Waals surface area (Å²) in [6.45, 7) is 0. The van der Waals surface area contributed by atoms with E-state index < -0.39 is 0 Å². The lowest BCUT2D eigenvalue weighted by atomic mass is 10.1. The second-order valence-electron chi connectivity index (χ2n) is 5.73. The average Bonchev–Trinajstić information content (AvgIpc) is 3.08. The molecule has 4 rings (SSSR count). The van der Waals surface area contributed by atoms with Gasteiger partial charge in [0.1, 0.15) is 11.4 Å². The molecule has 0 amide bonds. The van der Waals surface area contributed by atoms with Crippen LogP contribution in [0.5, 0.6) is 5.75 Å². The van der Waals surface area contributed by atoms with Crippen molar-refractivity contribution < 1.29 is 5.11 Å². The maximum absolute atomic E-state index is 10.1. The Balaban J connectivity index is 1.68. The van der Waals surface area contributed by atoms with Gasteiger partial charge in [-0.25, -0.2) is 4.98 Å². The molecule has 0 fully saturated rings. The highest BCUT2D eigenvalue weighted by molar-refractivity contribution is 9.11. The Morgan fingerprint density at radius 2 is 1.92 bits per heavy atom. The first-order valence-electron chi connectivity index (χ1n) is 7.86. The number of fused-ring (bicyclic) bond motifs is 1. The summed E-state index contributed by atoms with van der Waals surface area (Å²) < 4.78 is 3.47. The summed E-state index contributed by atoms with van der Waals surface area (Å²) >= 11 is 6.75. The van der Waals surface area contributed by atoms with Crippen molar-refractivity contribution in [3.05, 3.63) is 81.5 Å². The number of phenols is 1. The van der Waals surface area contributed by atoms with E-state index in [-0.39, 0.29) is 5.75 Å². The molecule has 6 heteroatoms. The molecular weight excluding hydrogens is 458 g/mol. The standard InChI is InChI=1S/C20H13Br2N3O/c21-15-8-14(20(26)17(22)10-15)11-23-16-5-3-4-13(9-16)18-12-25-7-2-1-6-19(25)24-18/h1-12,26H. The van der Waals surface area contributed by atoms with E-state index in [9.17, 15) is 5.11 Å². The molecule has 0 spiro atoms. The van der Waals surface area contributed by atoms with Gasteiger partial charge in [-0.1, -0.05) is 34.1 Å². The van der Waals surface area contributed by atoms with Gasteiger partial charge < -0.3 is 9.51 Å². The number of imidazole rings is 1. The van der Waals surface area contributed by atoms with E-state index in [0.717, 1.165) is 27.1 Å². The number of hydrogen-bond acceptors (Lipinski definition) is 3. The fraction of sp³-hybridized carbons (Fsp3) is 0. The molecule has 2 heterocycles. The van der Waals surface area contributed by atoms with E-state index in [4.69, 9.17) is 0 Å². The van der Waals surface area contributed by atoms with Gasteiger partial charge in [0.05, 0.1) is 15.9 Å². The molecule has 0 saturated heterocycles. The molecule has 128 valence electrons. The lowest BCUT2D eigenvalue weighted by Crippen LogP contribution is -1.84. The summed E-state index contributed by atoms with van der Waals surface area (Å²) in [5.74, 6) is 0.161. The van der Waals surface area contributed by atoms with Crippen LogP contribution in [0.4, 0.5) is 5.69 Å². The molecule has 0 atom stereocenters. The van der Waals surface area contributed by atoms with Crippen molar-refractivity contribution in [3.63, 3.8) is 0 Å². The Kier molecular flexibility index (Phi) is 4.61. The van der Waals surface area contributed by atoms with Gasteiger partial charge in [0, 0.05) is 34.2 Å². The van der Waals surface area contributed by atoms with Gasteiger partial charge >= 0.3 is 0 Å². The Morgan fingerprint density at radius 1 is 1.04 bits per heavy atom. The van der Waals surface area contributed by atoms with Gasteiger partial charge in [0.25, 0.3) is 0 Å². The molecule has 0 aliphatic carbocycles. The Bertz CT molecular complexity index is 1100. The maximum atomic E-state index is 10.1. The molecule has 0 radical (unpaired) electrons. The first kappa shape index (κ1) is 17.0. The molecule has 0 aliphatic heterocycles. The molecule has 4 aromatic rings. The maximum Gasteiger partial charge on any atom is 0.138 e. The summed E-state index contributed by atoms with van der Waals surface area (Å²) in [4.78, 5) is 9.14. The lowest BCUT2D eigenvalue weighted by Gasteiger charge is -2.03. The van der Waals surface area contributed by atoms with Crippen molar-refractivity contribution in [2.75, 3.05) is 0 Å². The van der Waals surface area contributed by atoms with Crippen LogP contribution in [0.3, 0.4) is 0 Å². The minimum atomic E-state index is 0.161. The molecule has 2 aromatic carbocycles. The monoisotopic (exact) mass is 469 g/mol. The topological polar surface area (TPSA) is 49.9 Å². The minimum Gasteiger partial charge on any atom is -0.506 e. The highest BCUT2D eigenvalue weighted by Gasteiger charge is 2.07. The van der Waals surface area contributed by atoms with Gasteiger partial charge in [0.15, 0.2) is 0 Å². The number of aliphatic imine (C=N–C) groups is 1. The largest absolute Gasteiger partial charge is 0.506 e. The van der Waals surface area contributed by atoms with Crippen LogP contribution in [-0.4, -0.2) is 20.7 Å². The molecule has 2 aromatic heterocycles. The summed E-state index contributed by atoms with van der Waals surface area (Å²) in [6, 6.07) is 17.4. The number of rotatable bonds is 3. The van der Waals surface area contributed by atoms with Crippen LogP contribution in [0, 0.1) is 0 Å². The number of aromatic hydroxyl groups is 1. The van der Waals surface area contributed by atoms with Gasteiger partial charge in [0.2, 0.25) is 0 Å². The second-order valence-corrected chi connectivity index (χ2v) is 7.50. The SMILES string of the molecule is Oc1c(Br)cc(Br)cc1C=Nc1cccc(-c2cn3ccccc3n2)c1. The number of benzene rings is 2. The number of hydrogen-bond donors (Lipinski definition) is 1. The van der Waals surface area contributed by atoms with E-state index >= 15 is 0 Å². The lowest BCUT2D eigenvalue weighted by molar-refractivity contribution is 0.471. The second kappa shape index (κ2) is 7.05. The van der Waals surface area contributed by atoms with Gasteiger partial charge in [-0.2, -0.15) is 0 Å². The van der Waals surface area contributed by atoms with Crippen molar-refractivity contribution in [2.45, 2.75) is 0 Å². The highest BCUT2D eigenvalue weighted by atomic mass is 79.9. The summed E-state index contributed by atoms with van der Waals surface area (Å²) in [5, 5.41) is 10.1. The third-order valence-corrected chi connectivity index (χ3v) is 4.98.